The van der Waals surface area contributed by atoms with Crippen LogP contribution in [-0.2, 0) is 20.2 Å². The lowest BCUT2D eigenvalue weighted by Crippen LogP contribution is -2.06. The first-order valence-electron chi connectivity index (χ1n) is 6.53. The molecule has 0 amide bonds. The van der Waals surface area contributed by atoms with Gasteiger partial charge >= 0.3 is 0 Å². The van der Waals surface area contributed by atoms with E-state index in [0.29, 0.717) is 35.4 Å². The summed E-state index contributed by atoms with van der Waals surface area (Å²) in [5, 5.41) is 4.88. The number of halogens is 1. The molecule has 2 aromatic rings. The number of aryl methyl sites for hydroxylation is 2. The van der Waals surface area contributed by atoms with Crippen LogP contribution in [0.3, 0.4) is 0 Å². The van der Waals surface area contributed by atoms with Crippen molar-refractivity contribution in [1.29, 1.82) is 0 Å². The van der Waals surface area contributed by atoms with Gasteiger partial charge in [-0.05, 0) is 13.0 Å². The number of benzene rings is 1. The molecule has 6 nitrogen and oxygen atoms in total. The average molecular weight is 310 g/mol. The second-order valence-corrected chi connectivity index (χ2v) is 5.15. The molecule has 0 spiro atoms. The predicted octanol–water partition coefficient (Wildman–Crippen LogP) is 2.15. The van der Waals surface area contributed by atoms with Crippen LogP contribution in [0, 0.1) is 6.92 Å². The average Bonchev–Trinajstić information content (AvgIpc) is 3.01. The van der Waals surface area contributed by atoms with E-state index in [2.05, 4.69) is 5.10 Å². The Morgan fingerprint density at radius 3 is 2.71 bits per heavy atom. The molecular formula is C14H16ClN3O3. The monoisotopic (exact) mass is 309 g/mol. The summed E-state index contributed by atoms with van der Waals surface area (Å²) in [6.07, 6.45) is 0. The van der Waals surface area contributed by atoms with Gasteiger partial charge in [0.05, 0.1) is 16.4 Å². The highest BCUT2D eigenvalue weighted by atomic mass is 35.5. The Hall–Kier alpha value is -1.92. The molecule has 3 rings (SSSR count). The smallest absolute Gasteiger partial charge is 0.231 e. The molecule has 112 valence electrons. The lowest BCUT2D eigenvalue weighted by Gasteiger charge is -2.12. The molecule has 1 aliphatic heterocycles. The molecule has 0 saturated carbocycles. The van der Waals surface area contributed by atoms with Crippen molar-refractivity contribution in [2.24, 2.45) is 12.8 Å². The summed E-state index contributed by atoms with van der Waals surface area (Å²) >= 11 is 6.22. The molecule has 0 unspecified atom stereocenters. The van der Waals surface area contributed by atoms with Crippen LogP contribution in [-0.4, -0.2) is 16.6 Å². The van der Waals surface area contributed by atoms with Crippen molar-refractivity contribution in [3.05, 3.63) is 34.1 Å². The summed E-state index contributed by atoms with van der Waals surface area (Å²) in [6, 6.07) is 3.63. The highest BCUT2D eigenvalue weighted by Gasteiger charge is 2.18. The van der Waals surface area contributed by atoms with E-state index in [4.69, 9.17) is 31.5 Å². The molecule has 1 aromatic carbocycles. The standard InChI is InChI=1S/C14H16ClN3O3/c1-8-14(15)10(18(2)17-8)6-19-11-4-13-12(20-7-21-13)3-9(11)5-16/h3-4H,5-7,16H2,1-2H3. The van der Waals surface area contributed by atoms with Gasteiger partial charge in [-0.15, -0.1) is 0 Å². The third-order valence-electron chi connectivity index (χ3n) is 3.40. The lowest BCUT2D eigenvalue weighted by molar-refractivity contribution is 0.173. The van der Waals surface area contributed by atoms with Crippen LogP contribution >= 0.6 is 11.6 Å². The fourth-order valence-electron chi connectivity index (χ4n) is 2.24. The van der Waals surface area contributed by atoms with Crippen LogP contribution in [0.4, 0.5) is 0 Å². The summed E-state index contributed by atoms with van der Waals surface area (Å²) < 4.78 is 18.3. The summed E-state index contributed by atoms with van der Waals surface area (Å²) in [4.78, 5) is 0. The Kier molecular flexibility index (Phi) is 3.65. The summed E-state index contributed by atoms with van der Waals surface area (Å²) in [5.41, 5.74) is 8.21. The maximum absolute atomic E-state index is 6.22. The van der Waals surface area contributed by atoms with E-state index in [1.54, 1.807) is 10.7 Å². The minimum Gasteiger partial charge on any atom is -0.487 e. The van der Waals surface area contributed by atoms with E-state index in [1.165, 1.54) is 0 Å². The fraction of sp³-hybridized carbons (Fsp3) is 0.357. The normalized spacial score (nSPS) is 12.8. The Balaban J connectivity index is 1.85. The predicted molar refractivity (Wildman–Crippen MR) is 77.7 cm³/mol. The van der Waals surface area contributed by atoms with Gasteiger partial charge in [0.25, 0.3) is 0 Å². The Morgan fingerprint density at radius 1 is 1.38 bits per heavy atom. The van der Waals surface area contributed by atoms with Crippen molar-refractivity contribution in [1.82, 2.24) is 9.78 Å². The van der Waals surface area contributed by atoms with Crippen molar-refractivity contribution in [2.45, 2.75) is 20.1 Å². The zero-order valence-electron chi connectivity index (χ0n) is 11.9. The van der Waals surface area contributed by atoms with Gasteiger partial charge in [-0.3, -0.25) is 4.68 Å². The molecule has 0 saturated heterocycles. The van der Waals surface area contributed by atoms with Gasteiger partial charge in [-0.25, -0.2) is 0 Å². The van der Waals surface area contributed by atoms with E-state index >= 15 is 0 Å². The molecule has 1 aromatic heterocycles. The van der Waals surface area contributed by atoms with Crippen LogP contribution in [0.15, 0.2) is 12.1 Å². The number of aromatic nitrogens is 2. The van der Waals surface area contributed by atoms with Gasteiger partial charge in [0.2, 0.25) is 6.79 Å². The molecule has 0 fully saturated rings. The number of fused-ring (bicyclic) bond motifs is 1. The molecule has 21 heavy (non-hydrogen) atoms. The van der Waals surface area contributed by atoms with Crippen molar-refractivity contribution in [3.8, 4) is 17.2 Å². The second-order valence-electron chi connectivity index (χ2n) is 4.78. The van der Waals surface area contributed by atoms with Crippen molar-refractivity contribution < 1.29 is 14.2 Å². The fourth-order valence-corrected chi connectivity index (χ4v) is 2.46. The van der Waals surface area contributed by atoms with Gasteiger partial charge in [-0.1, -0.05) is 11.6 Å². The maximum atomic E-state index is 6.22. The molecule has 0 bridgehead atoms. The minimum absolute atomic E-state index is 0.218. The quantitative estimate of drug-likeness (QED) is 0.937. The molecular weight excluding hydrogens is 294 g/mol. The van der Waals surface area contributed by atoms with Gasteiger partial charge in [0.1, 0.15) is 12.4 Å². The Morgan fingerprint density at radius 2 is 2.10 bits per heavy atom. The van der Waals surface area contributed by atoms with E-state index < -0.39 is 0 Å². The number of ether oxygens (including phenoxy) is 3. The molecule has 2 heterocycles. The highest BCUT2D eigenvalue weighted by molar-refractivity contribution is 6.31. The summed E-state index contributed by atoms with van der Waals surface area (Å²) in [5.74, 6) is 2.02. The van der Waals surface area contributed by atoms with Crippen LogP contribution in [0.1, 0.15) is 17.0 Å². The van der Waals surface area contributed by atoms with E-state index in [1.807, 2.05) is 20.0 Å². The van der Waals surface area contributed by atoms with Gasteiger partial charge in [0, 0.05) is 25.2 Å². The van der Waals surface area contributed by atoms with Crippen LogP contribution in [0.25, 0.3) is 0 Å². The second kappa shape index (κ2) is 5.46. The third kappa shape index (κ3) is 2.52. The number of nitrogens with zero attached hydrogens (tertiary/aromatic N) is 2. The Labute approximate surface area is 127 Å². The zero-order chi connectivity index (χ0) is 15.0. The van der Waals surface area contributed by atoms with Crippen molar-refractivity contribution in [3.63, 3.8) is 0 Å². The first-order valence-corrected chi connectivity index (χ1v) is 6.91. The first kappa shape index (κ1) is 14.0. The number of rotatable bonds is 4. The topological polar surface area (TPSA) is 71.5 Å². The van der Waals surface area contributed by atoms with E-state index in [9.17, 15) is 0 Å². The number of hydrogen-bond donors (Lipinski definition) is 1. The SMILES string of the molecule is Cc1nn(C)c(COc2cc3c(cc2CN)OCO3)c1Cl. The van der Waals surface area contributed by atoms with Gasteiger partial charge in [-0.2, -0.15) is 5.10 Å². The first-order chi connectivity index (χ1) is 10.1. The molecule has 0 atom stereocenters. The largest absolute Gasteiger partial charge is 0.487 e. The number of nitrogens with two attached hydrogens (primary N) is 1. The molecule has 0 aliphatic carbocycles. The van der Waals surface area contributed by atoms with E-state index in [0.717, 1.165) is 17.0 Å². The molecule has 7 heteroatoms. The maximum Gasteiger partial charge on any atom is 0.231 e. The molecule has 0 radical (unpaired) electrons. The molecule has 2 N–H and O–H groups in total. The van der Waals surface area contributed by atoms with Crippen LogP contribution < -0.4 is 19.9 Å². The Bertz CT molecular complexity index is 685. The van der Waals surface area contributed by atoms with Crippen molar-refractivity contribution in [2.75, 3.05) is 6.79 Å². The van der Waals surface area contributed by atoms with Crippen LogP contribution in [0.2, 0.25) is 5.02 Å². The number of hydrogen-bond acceptors (Lipinski definition) is 5. The van der Waals surface area contributed by atoms with E-state index in [-0.39, 0.29) is 6.79 Å². The van der Waals surface area contributed by atoms with Crippen molar-refractivity contribution >= 4 is 11.6 Å². The van der Waals surface area contributed by atoms with Gasteiger partial charge in [0.15, 0.2) is 11.5 Å². The summed E-state index contributed by atoms with van der Waals surface area (Å²) in [7, 11) is 1.83. The zero-order valence-corrected chi connectivity index (χ0v) is 12.6. The molecule has 1 aliphatic rings. The highest BCUT2D eigenvalue weighted by Crippen LogP contribution is 2.38. The minimum atomic E-state index is 0.218. The van der Waals surface area contributed by atoms with Gasteiger partial charge < -0.3 is 19.9 Å². The lowest BCUT2D eigenvalue weighted by atomic mass is 10.2. The summed E-state index contributed by atoms with van der Waals surface area (Å²) in [6.45, 7) is 2.74. The third-order valence-corrected chi connectivity index (χ3v) is 3.89. The van der Waals surface area contributed by atoms with Crippen LogP contribution in [0.5, 0.6) is 17.2 Å².